The second-order valence-corrected chi connectivity index (χ2v) is 14.5. The van der Waals surface area contributed by atoms with Crippen LogP contribution >= 0.6 is 7.37 Å². The summed E-state index contributed by atoms with van der Waals surface area (Å²) >= 11 is 0. The van der Waals surface area contributed by atoms with Crippen LogP contribution in [0.2, 0.25) is 0 Å². The molecule has 0 bridgehead atoms. The molecule has 5 heteroatoms. The summed E-state index contributed by atoms with van der Waals surface area (Å²) in [7, 11) is -3.04. The molecule has 4 nitrogen and oxygen atoms in total. The zero-order valence-corrected chi connectivity index (χ0v) is 23.6. The molecule has 1 saturated heterocycles. The zero-order valence-electron chi connectivity index (χ0n) is 22.7. The van der Waals surface area contributed by atoms with Gasteiger partial charge in [-0.05, 0) is 91.2 Å². The van der Waals surface area contributed by atoms with Crippen LogP contribution in [0, 0.1) is 18.3 Å². The van der Waals surface area contributed by atoms with Crippen molar-refractivity contribution in [2.45, 2.75) is 72.6 Å². The fraction of sp³-hybridized carbons (Fsp3) is 0.600. The molecule has 0 aromatic heterocycles. The molecule has 1 aliphatic heterocycles. The van der Waals surface area contributed by atoms with Gasteiger partial charge in [0, 0.05) is 31.6 Å². The quantitative estimate of drug-likeness (QED) is 0.341. The van der Waals surface area contributed by atoms with Gasteiger partial charge < -0.3 is 14.5 Å². The third-order valence-corrected chi connectivity index (χ3v) is 8.32. The van der Waals surface area contributed by atoms with E-state index >= 15 is 0 Å². The second kappa shape index (κ2) is 12.0. The minimum absolute atomic E-state index is 0.0366. The van der Waals surface area contributed by atoms with Crippen LogP contribution in [0.4, 0.5) is 5.69 Å². The summed E-state index contributed by atoms with van der Waals surface area (Å²) in [6, 6.07) is 15.0. The Hall–Kier alpha value is -1.77. The minimum atomic E-state index is -3.04. The van der Waals surface area contributed by atoms with Crippen molar-refractivity contribution >= 4 is 13.1 Å². The predicted molar refractivity (Wildman–Crippen MR) is 149 cm³/mol. The van der Waals surface area contributed by atoms with Gasteiger partial charge >= 0.3 is 0 Å². The van der Waals surface area contributed by atoms with Gasteiger partial charge in [0.25, 0.3) is 0 Å². The van der Waals surface area contributed by atoms with Gasteiger partial charge in [0.2, 0.25) is 0 Å². The lowest BCUT2D eigenvalue weighted by Crippen LogP contribution is -2.36. The van der Waals surface area contributed by atoms with Crippen molar-refractivity contribution in [3.05, 3.63) is 59.2 Å². The number of ether oxygens (including phenoxy) is 1. The maximum atomic E-state index is 11.8. The van der Waals surface area contributed by atoms with E-state index in [4.69, 9.17) is 4.74 Å². The predicted octanol–water partition coefficient (Wildman–Crippen LogP) is 7.66. The maximum absolute atomic E-state index is 11.8. The molecule has 194 valence electrons. The van der Waals surface area contributed by atoms with E-state index in [1.165, 1.54) is 36.3 Å². The van der Waals surface area contributed by atoms with Gasteiger partial charge in [-0.2, -0.15) is 0 Å². The Kier molecular flexibility index (Phi) is 9.52. The first-order valence-electron chi connectivity index (χ1n) is 13.3. The van der Waals surface area contributed by atoms with Crippen molar-refractivity contribution in [2.24, 2.45) is 11.3 Å². The van der Waals surface area contributed by atoms with Crippen molar-refractivity contribution < 1.29 is 14.2 Å². The molecular weight excluding hydrogens is 453 g/mol. The Balaban J connectivity index is 1.53. The van der Waals surface area contributed by atoms with Crippen molar-refractivity contribution in [1.29, 1.82) is 0 Å². The minimum Gasteiger partial charge on any atom is -0.493 e. The molecule has 1 N–H and O–H groups in total. The Morgan fingerprint density at radius 1 is 1.14 bits per heavy atom. The average molecular weight is 500 g/mol. The van der Waals surface area contributed by atoms with E-state index in [9.17, 15) is 9.46 Å². The Labute approximate surface area is 213 Å². The van der Waals surface area contributed by atoms with Crippen LogP contribution < -0.4 is 9.64 Å². The molecule has 3 rings (SSSR count). The number of benzene rings is 2. The number of hydrogen-bond donors (Lipinski definition) is 1. The normalized spacial score (nSPS) is 17.7. The average Bonchev–Trinajstić information content (AvgIpc) is 2.77. The number of nitrogens with zero attached hydrogens (tertiary/aromatic N) is 1. The summed E-state index contributed by atoms with van der Waals surface area (Å²) in [6.07, 6.45) is 6.19. The Bertz CT molecular complexity index is 999. The van der Waals surface area contributed by atoms with Crippen molar-refractivity contribution in [2.75, 3.05) is 37.4 Å². The molecule has 1 fully saturated rings. The monoisotopic (exact) mass is 499 g/mol. The molecule has 0 amide bonds. The zero-order chi connectivity index (χ0) is 25.6. The lowest BCUT2D eigenvalue weighted by Gasteiger charge is -2.35. The van der Waals surface area contributed by atoms with Gasteiger partial charge in [-0.25, -0.2) is 0 Å². The topological polar surface area (TPSA) is 49.8 Å². The third kappa shape index (κ3) is 9.32. The summed E-state index contributed by atoms with van der Waals surface area (Å²) < 4.78 is 18.0. The van der Waals surface area contributed by atoms with Gasteiger partial charge in [-0.1, -0.05) is 52.0 Å². The highest BCUT2D eigenvalue weighted by atomic mass is 31.2. The SMILES string of the molecule is Cc1ccc(CCCC(C)(C)C)c(N2CCC(COc3cccc([C@H](C)CP(C)(=O)O)c3)CC2)c1. The highest BCUT2D eigenvalue weighted by molar-refractivity contribution is 7.57. The summed E-state index contributed by atoms with van der Waals surface area (Å²) in [6.45, 7) is 15.5. The molecule has 0 radical (unpaired) electrons. The molecule has 2 atom stereocenters. The number of aryl methyl sites for hydroxylation is 2. The van der Waals surface area contributed by atoms with Gasteiger partial charge in [0.15, 0.2) is 7.37 Å². The van der Waals surface area contributed by atoms with Crippen LogP contribution in [-0.2, 0) is 11.0 Å². The molecule has 2 aromatic rings. The summed E-state index contributed by atoms with van der Waals surface area (Å²) in [5.74, 6) is 1.45. The number of anilines is 1. The van der Waals surface area contributed by atoms with Crippen molar-refractivity contribution in [1.82, 2.24) is 0 Å². The van der Waals surface area contributed by atoms with Crippen LogP contribution in [0.3, 0.4) is 0 Å². The summed E-state index contributed by atoms with van der Waals surface area (Å²) in [5.41, 5.74) is 5.70. The van der Waals surface area contributed by atoms with E-state index in [-0.39, 0.29) is 5.92 Å². The fourth-order valence-electron chi connectivity index (χ4n) is 5.07. The molecule has 2 aromatic carbocycles. The standard InChI is InChI=1S/C30H46NO3P/c1-23-12-13-26(10-8-16-30(3,4)5)29(19-23)31-17-14-25(15-18-31)21-34-28-11-7-9-27(20-28)24(2)22-35(6,32)33/h7,9,11-13,19-20,24-25H,8,10,14-18,21-22H2,1-6H3,(H,32,33)/t24-/m1/s1. The first-order chi connectivity index (χ1) is 16.4. The largest absolute Gasteiger partial charge is 0.493 e. The number of hydrogen-bond acceptors (Lipinski definition) is 3. The van der Waals surface area contributed by atoms with Gasteiger partial charge in [-0.15, -0.1) is 0 Å². The molecule has 35 heavy (non-hydrogen) atoms. The van der Waals surface area contributed by atoms with Crippen molar-refractivity contribution in [3.8, 4) is 5.75 Å². The lowest BCUT2D eigenvalue weighted by molar-refractivity contribution is 0.222. The Morgan fingerprint density at radius 2 is 1.86 bits per heavy atom. The van der Waals surface area contributed by atoms with E-state index in [1.807, 2.05) is 31.2 Å². The summed E-state index contributed by atoms with van der Waals surface area (Å²) in [4.78, 5) is 12.3. The van der Waals surface area contributed by atoms with E-state index in [1.54, 1.807) is 0 Å². The van der Waals surface area contributed by atoms with Gasteiger partial charge in [0.05, 0.1) is 6.61 Å². The van der Waals surface area contributed by atoms with Crippen LogP contribution in [0.5, 0.6) is 5.75 Å². The van der Waals surface area contributed by atoms with E-state index < -0.39 is 7.37 Å². The molecule has 0 saturated carbocycles. The highest BCUT2D eigenvalue weighted by Crippen LogP contribution is 2.41. The van der Waals surface area contributed by atoms with Gasteiger partial charge in [-0.3, -0.25) is 4.57 Å². The lowest BCUT2D eigenvalue weighted by atomic mass is 9.88. The highest BCUT2D eigenvalue weighted by Gasteiger charge is 2.22. The van der Waals surface area contributed by atoms with Crippen LogP contribution in [0.1, 0.15) is 76.0 Å². The van der Waals surface area contributed by atoms with Crippen LogP contribution in [-0.4, -0.2) is 37.4 Å². The van der Waals surface area contributed by atoms with Crippen molar-refractivity contribution in [3.63, 3.8) is 0 Å². The fourth-order valence-corrected chi connectivity index (χ4v) is 6.29. The van der Waals surface area contributed by atoms with E-state index in [0.717, 1.165) is 50.3 Å². The first-order valence-corrected chi connectivity index (χ1v) is 15.6. The molecule has 1 heterocycles. The number of rotatable bonds is 10. The van der Waals surface area contributed by atoms with E-state index in [2.05, 4.69) is 50.8 Å². The maximum Gasteiger partial charge on any atom is 0.198 e. The second-order valence-electron chi connectivity index (χ2n) is 12.0. The molecule has 1 aliphatic rings. The molecule has 1 unspecified atom stereocenters. The first kappa shape index (κ1) is 27.8. The molecular formula is C30H46NO3P. The smallest absolute Gasteiger partial charge is 0.198 e. The van der Waals surface area contributed by atoms with Crippen LogP contribution in [0.15, 0.2) is 42.5 Å². The Morgan fingerprint density at radius 3 is 2.51 bits per heavy atom. The molecule has 0 aliphatic carbocycles. The van der Waals surface area contributed by atoms with Gasteiger partial charge in [0.1, 0.15) is 5.75 Å². The molecule has 0 spiro atoms. The third-order valence-electron chi connectivity index (χ3n) is 7.09. The van der Waals surface area contributed by atoms with Crippen LogP contribution in [0.25, 0.3) is 0 Å². The number of piperidine rings is 1. The van der Waals surface area contributed by atoms with E-state index in [0.29, 0.717) is 17.5 Å². The summed E-state index contributed by atoms with van der Waals surface area (Å²) in [5, 5.41) is 0.